The number of nitrogens with zero attached hydrogens (tertiary/aromatic N) is 4. The Morgan fingerprint density at radius 2 is 2.27 bits per heavy atom. The molecule has 3 rings (SSSR count). The predicted octanol–water partition coefficient (Wildman–Crippen LogP) is 0.851. The first-order chi connectivity index (χ1) is 10.8. The molecule has 22 heavy (non-hydrogen) atoms. The van der Waals surface area contributed by atoms with E-state index in [1.54, 1.807) is 6.33 Å². The van der Waals surface area contributed by atoms with Gasteiger partial charge in [0.05, 0.1) is 6.10 Å². The van der Waals surface area contributed by atoms with E-state index < -0.39 is 0 Å². The van der Waals surface area contributed by atoms with Gasteiger partial charge in [-0.25, -0.2) is 4.99 Å². The Morgan fingerprint density at radius 3 is 3.05 bits per heavy atom. The van der Waals surface area contributed by atoms with Gasteiger partial charge < -0.3 is 15.8 Å². The van der Waals surface area contributed by atoms with E-state index in [2.05, 4.69) is 20.5 Å². The Labute approximate surface area is 129 Å². The number of nitrogens with one attached hydrogen (secondary N) is 1. The summed E-state index contributed by atoms with van der Waals surface area (Å²) in [5.41, 5.74) is 6.89. The minimum Gasteiger partial charge on any atom is -0.376 e. The summed E-state index contributed by atoms with van der Waals surface area (Å²) < 4.78 is 7.43. The van der Waals surface area contributed by atoms with Crippen LogP contribution in [0.5, 0.6) is 0 Å². The van der Waals surface area contributed by atoms with Crippen LogP contribution in [0.15, 0.2) is 41.7 Å². The molecule has 1 aliphatic rings. The van der Waals surface area contributed by atoms with E-state index in [1.807, 2.05) is 34.9 Å². The number of hydrogen-bond acceptors (Lipinski definition) is 4. The number of nitrogens with two attached hydrogens (primary N) is 1. The Morgan fingerprint density at radius 1 is 1.41 bits per heavy atom. The molecule has 7 heteroatoms. The van der Waals surface area contributed by atoms with E-state index >= 15 is 0 Å². The van der Waals surface area contributed by atoms with Crippen molar-refractivity contribution in [2.75, 3.05) is 13.2 Å². The van der Waals surface area contributed by atoms with Crippen LogP contribution < -0.4 is 11.1 Å². The van der Waals surface area contributed by atoms with E-state index in [0.29, 0.717) is 19.0 Å². The van der Waals surface area contributed by atoms with Crippen molar-refractivity contribution >= 4 is 5.96 Å². The maximum Gasteiger partial charge on any atom is 0.189 e. The zero-order chi connectivity index (χ0) is 15.2. The number of hydrogen-bond donors (Lipinski definition) is 2. The monoisotopic (exact) mass is 300 g/mol. The molecule has 116 valence electrons. The van der Waals surface area contributed by atoms with Gasteiger partial charge in [0.25, 0.3) is 0 Å². The highest BCUT2D eigenvalue weighted by molar-refractivity contribution is 5.77. The lowest BCUT2D eigenvalue weighted by Crippen LogP contribution is -2.37. The molecule has 0 amide bonds. The highest BCUT2D eigenvalue weighted by Gasteiger charge is 2.15. The van der Waals surface area contributed by atoms with Gasteiger partial charge >= 0.3 is 0 Å². The largest absolute Gasteiger partial charge is 0.376 e. The minimum absolute atomic E-state index is 0.238. The SMILES string of the molecule is NC(=NCc1nncn1-c1ccccc1)NCC1CCCO1. The van der Waals surface area contributed by atoms with Crippen molar-refractivity contribution in [1.82, 2.24) is 20.1 Å². The average molecular weight is 300 g/mol. The van der Waals surface area contributed by atoms with E-state index in [1.165, 1.54) is 0 Å². The summed E-state index contributed by atoms with van der Waals surface area (Å²) in [5.74, 6) is 1.14. The van der Waals surface area contributed by atoms with Gasteiger partial charge in [-0.15, -0.1) is 10.2 Å². The van der Waals surface area contributed by atoms with Crippen LogP contribution in [0.4, 0.5) is 0 Å². The zero-order valence-corrected chi connectivity index (χ0v) is 12.4. The van der Waals surface area contributed by atoms with Gasteiger partial charge in [-0.2, -0.15) is 0 Å². The molecule has 0 aliphatic carbocycles. The van der Waals surface area contributed by atoms with Crippen LogP contribution in [-0.4, -0.2) is 40.0 Å². The van der Waals surface area contributed by atoms with Crippen LogP contribution in [-0.2, 0) is 11.3 Å². The zero-order valence-electron chi connectivity index (χ0n) is 12.4. The fraction of sp³-hybridized carbons (Fsp3) is 0.400. The topological polar surface area (TPSA) is 90.4 Å². The van der Waals surface area contributed by atoms with Gasteiger partial charge in [-0.1, -0.05) is 18.2 Å². The summed E-state index contributed by atoms with van der Waals surface area (Å²) >= 11 is 0. The van der Waals surface area contributed by atoms with Crippen LogP contribution in [0, 0.1) is 0 Å². The molecule has 2 heterocycles. The van der Waals surface area contributed by atoms with Crippen molar-refractivity contribution in [3.8, 4) is 5.69 Å². The van der Waals surface area contributed by atoms with Crippen LogP contribution in [0.25, 0.3) is 5.69 Å². The van der Waals surface area contributed by atoms with E-state index in [9.17, 15) is 0 Å². The number of guanidine groups is 1. The van der Waals surface area contributed by atoms with Crippen molar-refractivity contribution in [3.05, 3.63) is 42.5 Å². The molecule has 3 N–H and O–H groups in total. The molecule has 0 bridgehead atoms. The van der Waals surface area contributed by atoms with Gasteiger partial charge in [0.15, 0.2) is 11.8 Å². The second kappa shape index (κ2) is 7.04. The maximum absolute atomic E-state index is 5.88. The van der Waals surface area contributed by atoms with Gasteiger partial charge in [0, 0.05) is 18.8 Å². The first-order valence-electron chi connectivity index (χ1n) is 7.42. The second-order valence-corrected chi connectivity index (χ2v) is 5.17. The maximum atomic E-state index is 5.88. The lowest BCUT2D eigenvalue weighted by molar-refractivity contribution is 0.114. The van der Waals surface area contributed by atoms with Crippen LogP contribution >= 0.6 is 0 Å². The van der Waals surface area contributed by atoms with Crippen LogP contribution in [0.2, 0.25) is 0 Å². The third-order valence-electron chi connectivity index (χ3n) is 3.58. The van der Waals surface area contributed by atoms with E-state index in [0.717, 1.165) is 31.0 Å². The average Bonchev–Trinajstić information content (AvgIpc) is 3.23. The Hall–Kier alpha value is -2.41. The third kappa shape index (κ3) is 3.62. The van der Waals surface area contributed by atoms with Crippen molar-refractivity contribution in [1.29, 1.82) is 0 Å². The van der Waals surface area contributed by atoms with Gasteiger partial charge in [-0.3, -0.25) is 4.57 Å². The number of rotatable bonds is 5. The van der Waals surface area contributed by atoms with Crippen LogP contribution in [0.1, 0.15) is 18.7 Å². The number of ether oxygens (including phenoxy) is 1. The molecule has 1 aromatic heterocycles. The molecule has 1 aromatic carbocycles. The number of aromatic nitrogens is 3. The normalized spacial score (nSPS) is 18.5. The van der Waals surface area contributed by atoms with E-state index in [4.69, 9.17) is 10.5 Å². The van der Waals surface area contributed by atoms with Crippen molar-refractivity contribution in [2.24, 2.45) is 10.7 Å². The highest BCUT2D eigenvalue weighted by Crippen LogP contribution is 2.11. The predicted molar refractivity (Wildman–Crippen MR) is 83.7 cm³/mol. The number of aliphatic imine (C=N–C) groups is 1. The smallest absolute Gasteiger partial charge is 0.189 e. The fourth-order valence-electron chi connectivity index (χ4n) is 2.41. The second-order valence-electron chi connectivity index (χ2n) is 5.17. The molecule has 0 saturated carbocycles. The summed E-state index contributed by atoms with van der Waals surface area (Å²) in [6.45, 7) is 1.91. The van der Waals surface area contributed by atoms with Crippen molar-refractivity contribution in [2.45, 2.75) is 25.5 Å². The van der Waals surface area contributed by atoms with Crippen molar-refractivity contribution < 1.29 is 4.74 Å². The summed E-state index contributed by atoms with van der Waals surface area (Å²) in [7, 11) is 0. The Bertz CT molecular complexity index is 618. The molecule has 7 nitrogen and oxygen atoms in total. The third-order valence-corrected chi connectivity index (χ3v) is 3.58. The summed E-state index contributed by atoms with van der Waals surface area (Å²) in [5, 5.41) is 11.1. The van der Waals surface area contributed by atoms with Gasteiger partial charge in [0.2, 0.25) is 0 Å². The number of para-hydroxylation sites is 1. The Balaban J connectivity index is 1.59. The van der Waals surface area contributed by atoms with Crippen LogP contribution in [0.3, 0.4) is 0 Å². The molecule has 0 spiro atoms. The molecular weight excluding hydrogens is 280 g/mol. The molecule has 1 aliphatic heterocycles. The first-order valence-corrected chi connectivity index (χ1v) is 7.42. The standard InChI is InChI=1S/C15H20N6O/c16-15(17-9-13-7-4-8-22-13)18-10-14-20-19-11-21(14)12-5-2-1-3-6-12/h1-3,5-6,11,13H,4,7-10H2,(H3,16,17,18). The molecule has 1 unspecified atom stereocenters. The fourth-order valence-corrected chi connectivity index (χ4v) is 2.41. The molecule has 1 saturated heterocycles. The molecule has 0 radical (unpaired) electrons. The number of benzene rings is 1. The quantitative estimate of drug-likeness (QED) is 0.631. The van der Waals surface area contributed by atoms with Gasteiger partial charge in [0.1, 0.15) is 12.9 Å². The summed E-state index contributed by atoms with van der Waals surface area (Å²) in [6, 6.07) is 9.91. The van der Waals surface area contributed by atoms with Crippen molar-refractivity contribution in [3.63, 3.8) is 0 Å². The highest BCUT2D eigenvalue weighted by atomic mass is 16.5. The lowest BCUT2D eigenvalue weighted by Gasteiger charge is -2.11. The lowest BCUT2D eigenvalue weighted by atomic mass is 10.2. The first kappa shape index (κ1) is 14.5. The summed E-state index contributed by atoms with van der Waals surface area (Å²) in [6.07, 6.45) is 4.10. The molecular formula is C15H20N6O. The van der Waals surface area contributed by atoms with E-state index in [-0.39, 0.29) is 6.10 Å². The Kier molecular flexibility index (Phi) is 4.65. The van der Waals surface area contributed by atoms with Gasteiger partial charge in [-0.05, 0) is 25.0 Å². The molecule has 1 fully saturated rings. The molecule has 1 atom stereocenters. The summed E-state index contributed by atoms with van der Waals surface area (Å²) in [4.78, 5) is 4.32. The molecule has 2 aromatic rings. The minimum atomic E-state index is 0.238.